The van der Waals surface area contributed by atoms with E-state index in [4.69, 9.17) is 4.74 Å². The number of anilines is 1. The van der Waals surface area contributed by atoms with Gasteiger partial charge in [-0.1, -0.05) is 67.1 Å². The lowest BCUT2D eigenvalue weighted by molar-refractivity contribution is -0.136. The first-order valence-corrected chi connectivity index (χ1v) is 23.0. The number of phenolic OH excluding ortho intramolecular Hbond substituents is 1. The van der Waals surface area contributed by atoms with E-state index < -0.39 is 16.1 Å². The minimum absolute atomic E-state index is 0.0000407. The Morgan fingerprint density at radius 3 is 2.14 bits per heavy atom. The Hall–Kier alpha value is -4.50. The van der Waals surface area contributed by atoms with Crippen molar-refractivity contribution < 1.29 is 32.6 Å². The Balaban J connectivity index is 0.968. The first kappa shape index (κ1) is 45.6. The van der Waals surface area contributed by atoms with E-state index in [2.05, 4.69) is 20.4 Å². The van der Waals surface area contributed by atoms with Gasteiger partial charge in [-0.05, 0) is 94.8 Å². The van der Waals surface area contributed by atoms with Gasteiger partial charge in [0.15, 0.2) is 0 Å². The Kier molecular flexibility index (Phi) is 18.0. The summed E-state index contributed by atoms with van der Waals surface area (Å²) in [6, 6.07) is 24.2. The Bertz CT molecular complexity index is 1860. The summed E-state index contributed by atoms with van der Waals surface area (Å²) in [6.07, 6.45) is 4.76. The van der Waals surface area contributed by atoms with Crippen molar-refractivity contribution in [3.63, 3.8) is 0 Å². The van der Waals surface area contributed by atoms with E-state index in [1.165, 1.54) is 0 Å². The van der Waals surface area contributed by atoms with Gasteiger partial charge in [-0.3, -0.25) is 14.9 Å². The number of piperidine rings is 2. The molecule has 0 saturated carbocycles. The second-order valence-electron chi connectivity index (χ2n) is 15.6. The number of likely N-dealkylation sites (tertiary alicyclic amines) is 2. The quantitative estimate of drug-likeness (QED) is 0.107. The number of carbonyl (C=O) groups excluding carboxylic acids is 3. The van der Waals surface area contributed by atoms with Gasteiger partial charge >= 0.3 is 6.09 Å². The molecular weight excluding hydrogens is 769 g/mol. The van der Waals surface area contributed by atoms with Crippen molar-refractivity contribution in [3.05, 3.63) is 84.4 Å². The summed E-state index contributed by atoms with van der Waals surface area (Å²) in [4.78, 5) is 44.5. The molecule has 0 atom stereocenters. The van der Waals surface area contributed by atoms with Gasteiger partial charge in [-0.2, -0.15) is 4.31 Å². The normalized spacial score (nSPS) is 15.8. The number of hydrogen-bond acceptors (Lipinski definition) is 9. The number of carbonyl (C=O) groups is 3. The maximum atomic E-state index is 13.7. The number of nitrogens with one attached hydrogen (secondary N) is 2. The van der Waals surface area contributed by atoms with Crippen LogP contribution in [0.1, 0.15) is 70.8 Å². The molecule has 14 heteroatoms. The third-order valence-electron chi connectivity index (χ3n) is 11.5. The van der Waals surface area contributed by atoms with Gasteiger partial charge in [0.25, 0.3) is 0 Å². The third-order valence-corrected chi connectivity index (χ3v) is 13.3. The molecule has 2 heterocycles. The summed E-state index contributed by atoms with van der Waals surface area (Å²) in [7, 11) is -3.59. The SMILES string of the molecule is CCN(CC)C(=O)C1CCN(CCS(=O)(=O)N(CCCCCNC(=O)CCN2CCC(OC(=O)Nc3ccccc3-c3ccccc3)CC2)Cc2ccc(O)cc2)CC1. The fourth-order valence-corrected chi connectivity index (χ4v) is 9.36. The lowest BCUT2D eigenvalue weighted by Crippen LogP contribution is -2.44. The number of benzene rings is 3. The molecule has 2 aliphatic rings. The molecule has 13 nitrogen and oxygen atoms in total. The van der Waals surface area contributed by atoms with E-state index in [1.807, 2.05) is 73.3 Å². The van der Waals surface area contributed by atoms with Crippen molar-refractivity contribution in [1.82, 2.24) is 24.3 Å². The molecule has 2 aliphatic heterocycles. The van der Waals surface area contributed by atoms with Crippen LogP contribution >= 0.6 is 0 Å². The molecular formula is C45H64N6O7S. The maximum Gasteiger partial charge on any atom is 0.411 e. The highest BCUT2D eigenvalue weighted by Gasteiger charge is 2.29. The summed E-state index contributed by atoms with van der Waals surface area (Å²) in [6.45, 7) is 10.4. The number of rotatable bonds is 21. The fraction of sp³-hybridized carbons (Fsp3) is 0.533. The first-order valence-electron chi connectivity index (χ1n) is 21.4. The summed E-state index contributed by atoms with van der Waals surface area (Å²) >= 11 is 0. The molecule has 3 aromatic rings. The predicted molar refractivity (Wildman–Crippen MR) is 232 cm³/mol. The van der Waals surface area contributed by atoms with Crippen LogP contribution in [0.15, 0.2) is 78.9 Å². The molecule has 322 valence electrons. The molecule has 0 spiro atoms. The van der Waals surface area contributed by atoms with E-state index in [0.717, 1.165) is 55.5 Å². The lowest BCUT2D eigenvalue weighted by Gasteiger charge is -2.34. The maximum absolute atomic E-state index is 13.7. The van der Waals surface area contributed by atoms with Gasteiger partial charge in [-0.15, -0.1) is 0 Å². The number of hydrogen-bond donors (Lipinski definition) is 3. The highest BCUT2D eigenvalue weighted by molar-refractivity contribution is 7.89. The number of sulfonamides is 1. The van der Waals surface area contributed by atoms with Crippen LogP contribution in [0, 0.1) is 5.92 Å². The second kappa shape index (κ2) is 23.3. The minimum atomic E-state index is -3.59. The van der Waals surface area contributed by atoms with E-state index >= 15 is 0 Å². The van der Waals surface area contributed by atoms with Gasteiger partial charge in [0.05, 0.1) is 11.4 Å². The van der Waals surface area contributed by atoms with Gasteiger partial charge in [0.2, 0.25) is 21.8 Å². The van der Waals surface area contributed by atoms with Crippen LogP contribution in [0.5, 0.6) is 5.75 Å². The zero-order valence-electron chi connectivity index (χ0n) is 34.9. The smallest absolute Gasteiger partial charge is 0.411 e. The Morgan fingerprint density at radius 1 is 0.797 bits per heavy atom. The number of para-hydroxylation sites is 1. The minimum Gasteiger partial charge on any atom is -0.508 e. The average molecular weight is 833 g/mol. The highest BCUT2D eigenvalue weighted by atomic mass is 32.2. The van der Waals surface area contributed by atoms with Crippen molar-refractivity contribution >= 4 is 33.6 Å². The van der Waals surface area contributed by atoms with E-state index in [0.29, 0.717) is 83.7 Å². The monoisotopic (exact) mass is 832 g/mol. The number of ether oxygens (including phenoxy) is 1. The summed E-state index contributed by atoms with van der Waals surface area (Å²) in [5.41, 5.74) is 3.45. The molecule has 3 N–H and O–H groups in total. The van der Waals surface area contributed by atoms with Gasteiger partial charge in [0.1, 0.15) is 11.9 Å². The topological polar surface area (TPSA) is 152 Å². The molecule has 5 rings (SSSR count). The lowest BCUT2D eigenvalue weighted by atomic mass is 9.95. The van der Waals surface area contributed by atoms with Crippen LogP contribution in [0.4, 0.5) is 10.5 Å². The van der Waals surface area contributed by atoms with Crippen molar-refractivity contribution in [2.24, 2.45) is 5.92 Å². The highest BCUT2D eigenvalue weighted by Crippen LogP contribution is 2.28. The zero-order chi connectivity index (χ0) is 42.0. The van der Waals surface area contributed by atoms with Gasteiger partial charge in [-0.25, -0.2) is 13.2 Å². The van der Waals surface area contributed by atoms with Crippen LogP contribution < -0.4 is 10.6 Å². The van der Waals surface area contributed by atoms with Crippen molar-refractivity contribution in [2.75, 3.05) is 76.5 Å². The molecule has 0 radical (unpaired) electrons. The van der Waals surface area contributed by atoms with E-state index in [9.17, 15) is 27.9 Å². The van der Waals surface area contributed by atoms with Crippen LogP contribution in [0.25, 0.3) is 11.1 Å². The molecule has 0 unspecified atom stereocenters. The summed E-state index contributed by atoms with van der Waals surface area (Å²) in [5.74, 6) is 0.315. The molecule has 2 fully saturated rings. The van der Waals surface area contributed by atoms with E-state index in [-0.39, 0.29) is 41.9 Å². The standard InChI is InChI=1S/C45H64N6O7S/c1-3-50(4-2)44(54)38-21-28-49(29-22-38)33-34-59(56,57)51(35-36-17-19-39(52)20-18-36)27-12-6-11-26-46-43(53)25-32-48-30-23-40(24-31-48)58-45(55)47-42-16-10-9-15-41(42)37-13-7-5-8-14-37/h5,7-10,13-20,38,40,52H,3-4,6,11-12,21-35H2,1-2H3,(H,46,53)(H,47,55). The summed E-state index contributed by atoms with van der Waals surface area (Å²) < 4.78 is 34.7. The summed E-state index contributed by atoms with van der Waals surface area (Å²) in [5, 5.41) is 15.7. The van der Waals surface area contributed by atoms with Crippen LogP contribution in [0.2, 0.25) is 0 Å². The van der Waals surface area contributed by atoms with Crippen molar-refractivity contribution in [3.8, 4) is 16.9 Å². The number of nitrogens with zero attached hydrogens (tertiary/aromatic N) is 4. The van der Waals surface area contributed by atoms with E-state index in [1.54, 1.807) is 28.6 Å². The Labute approximate surface area is 351 Å². The largest absolute Gasteiger partial charge is 0.508 e. The molecule has 2 saturated heterocycles. The van der Waals surface area contributed by atoms with Gasteiger partial charge in [0, 0.05) is 76.8 Å². The number of aromatic hydroxyl groups is 1. The number of unbranched alkanes of at least 4 members (excludes halogenated alkanes) is 2. The van der Waals surface area contributed by atoms with Crippen LogP contribution in [-0.4, -0.2) is 128 Å². The van der Waals surface area contributed by atoms with Crippen molar-refractivity contribution in [1.29, 1.82) is 0 Å². The van der Waals surface area contributed by atoms with Crippen LogP contribution in [-0.2, 0) is 30.9 Å². The van der Waals surface area contributed by atoms with Gasteiger partial charge < -0.3 is 29.9 Å². The molecule has 0 aliphatic carbocycles. The number of phenols is 1. The Morgan fingerprint density at radius 2 is 1.44 bits per heavy atom. The molecule has 0 aromatic heterocycles. The van der Waals surface area contributed by atoms with Crippen LogP contribution in [0.3, 0.4) is 0 Å². The average Bonchev–Trinajstić information content (AvgIpc) is 3.25. The molecule has 3 aromatic carbocycles. The fourth-order valence-electron chi connectivity index (χ4n) is 7.86. The first-order chi connectivity index (χ1) is 28.5. The molecule has 59 heavy (non-hydrogen) atoms. The molecule has 0 bridgehead atoms. The predicted octanol–water partition coefficient (Wildman–Crippen LogP) is 6.16. The second-order valence-corrected chi connectivity index (χ2v) is 17.7. The number of amides is 3. The van der Waals surface area contributed by atoms with Crippen molar-refractivity contribution in [2.45, 2.75) is 77.9 Å². The zero-order valence-corrected chi connectivity index (χ0v) is 35.7. The third kappa shape index (κ3) is 14.6. The molecule has 3 amide bonds.